The fourth-order valence-corrected chi connectivity index (χ4v) is 0. The van der Waals surface area contributed by atoms with Crippen LogP contribution in [-0.2, 0) is 20.0 Å². The van der Waals surface area contributed by atoms with E-state index >= 15 is 0 Å². The van der Waals surface area contributed by atoms with Gasteiger partial charge in [-0.2, -0.15) is 0 Å². The van der Waals surface area contributed by atoms with Gasteiger partial charge in [0.15, 0.2) is 0 Å². The van der Waals surface area contributed by atoms with Gasteiger partial charge in [-0.3, -0.25) is 0 Å². The summed E-state index contributed by atoms with van der Waals surface area (Å²) in [5.41, 5.74) is 0. The molecule has 0 saturated carbocycles. The van der Waals surface area contributed by atoms with Gasteiger partial charge in [0.1, 0.15) is 0 Å². The molecule has 6 heteroatoms. The molecule has 0 unspecified atom stereocenters. The third kappa shape index (κ3) is 37.2. The van der Waals surface area contributed by atoms with Crippen molar-refractivity contribution >= 4 is 10.0 Å². The van der Waals surface area contributed by atoms with Crippen molar-refractivity contribution in [3.8, 4) is 0 Å². The maximum absolute atomic E-state index is 8.91. The van der Waals surface area contributed by atoms with Crippen LogP contribution in [0.2, 0.25) is 0 Å². The Bertz CT molecular complexity index is 94.0. The minimum absolute atomic E-state index is 0. The summed E-state index contributed by atoms with van der Waals surface area (Å²) in [5, 5.41) is 0. The van der Waals surface area contributed by atoms with Crippen molar-refractivity contribution in [2.75, 3.05) is 0 Å². The Morgan fingerprint density at radius 3 is 1.50 bits per heavy atom. The number of hydrogen-bond acceptors (Lipinski definition) is 3. The molecule has 0 bridgehead atoms. The van der Waals surface area contributed by atoms with E-state index in [0.717, 1.165) is 0 Å². The molecular formula is ClCrKO3. The quantitative estimate of drug-likeness (QED) is 0.355. The van der Waals surface area contributed by atoms with Crippen LogP contribution in [0, 0.1) is 0 Å². The van der Waals surface area contributed by atoms with Crippen LogP contribution in [-0.4, -0.2) is 0 Å². The van der Waals surface area contributed by atoms with Gasteiger partial charge in [-0.1, -0.05) is 0 Å². The Kier molecular flexibility index (Phi) is 7.19. The van der Waals surface area contributed by atoms with Crippen molar-refractivity contribution in [3.05, 3.63) is 0 Å². The van der Waals surface area contributed by atoms with Gasteiger partial charge >= 0.3 is 85.6 Å². The Morgan fingerprint density at radius 2 is 1.50 bits per heavy atom. The number of hydrogen-bond donors (Lipinski definition) is 0. The van der Waals surface area contributed by atoms with E-state index in [0.29, 0.717) is 0 Å². The van der Waals surface area contributed by atoms with Crippen LogP contribution in [0.3, 0.4) is 0 Å². The molecule has 0 atom stereocenters. The van der Waals surface area contributed by atoms with Gasteiger partial charge in [-0.25, -0.2) is 0 Å². The average molecular weight is 175 g/mol. The predicted octanol–water partition coefficient (Wildman–Crippen LogP) is -3.74. The van der Waals surface area contributed by atoms with Crippen molar-refractivity contribution in [2.24, 2.45) is 0 Å². The molecule has 6 heavy (non-hydrogen) atoms. The first-order valence-corrected chi connectivity index (χ1v) is 3.97. The Labute approximate surface area is 83.7 Å². The zero-order valence-electron chi connectivity index (χ0n) is 3.01. The van der Waals surface area contributed by atoms with Crippen molar-refractivity contribution in [2.45, 2.75) is 0 Å². The summed E-state index contributed by atoms with van der Waals surface area (Å²) in [4.78, 5) is 0. The molecule has 0 fully saturated rings. The summed E-state index contributed by atoms with van der Waals surface area (Å²) in [5.74, 6) is 0. The second-order valence-electron chi connectivity index (χ2n) is 0.393. The molecule has 3 nitrogen and oxygen atoms in total. The molecular weight excluding hydrogens is 175 g/mol. The molecule has 32 valence electrons. The molecule has 0 amide bonds. The molecule has 0 spiro atoms. The molecule has 0 N–H and O–H groups in total. The molecule has 0 aliphatic rings. The van der Waals surface area contributed by atoms with Crippen LogP contribution in [0.1, 0.15) is 0 Å². The summed E-state index contributed by atoms with van der Waals surface area (Å²) < 4.78 is 26.7. The van der Waals surface area contributed by atoms with Gasteiger partial charge in [0.05, 0.1) is 0 Å². The van der Waals surface area contributed by atoms with Crippen molar-refractivity contribution in [1.29, 1.82) is 0 Å². The second-order valence-corrected chi connectivity index (χ2v) is 3.18. The van der Waals surface area contributed by atoms with Gasteiger partial charge in [-0.05, 0) is 0 Å². The Morgan fingerprint density at radius 1 is 1.50 bits per heavy atom. The molecule has 0 aromatic rings. The van der Waals surface area contributed by atoms with E-state index in [-0.39, 0.29) is 51.4 Å². The fourth-order valence-electron chi connectivity index (χ4n) is 0. The molecule has 0 aliphatic heterocycles. The van der Waals surface area contributed by atoms with Crippen molar-refractivity contribution in [3.63, 3.8) is 0 Å². The van der Waals surface area contributed by atoms with Gasteiger partial charge in [0, 0.05) is 0 Å². The molecule has 0 aliphatic carbocycles. The molecule has 0 saturated heterocycles. The van der Waals surface area contributed by atoms with E-state index in [2.05, 4.69) is 10.0 Å². The molecule has 0 radical (unpaired) electrons. The summed E-state index contributed by atoms with van der Waals surface area (Å²) in [6.45, 7) is 0. The maximum atomic E-state index is 8.91. The Hall–Kier alpha value is 2.02. The van der Waals surface area contributed by atoms with Gasteiger partial charge in [0.25, 0.3) is 0 Å². The van der Waals surface area contributed by atoms with Gasteiger partial charge in [0.2, 0.25) is 0 Å². The zero-order chi connectivity index (χ0) is 4.50. The summed E-state index contributed by atoms with van der Waals surface area (Å²) in [6, 6.07) is 0. The van der Waals surface area contributed by atoms with Crippen LogP contribution < -0.4 is 55.5 Å². The van der Waals surface area contributed by atoms with Gasteiger partial charge in [-0.15, -0.1) is 0 Å². The SMILES string of the molecule is [K+].[O]=[Cr](=[O])([O-])[Cl]. The predicted molar refractivity (Wildman–Crippen MR) is 7.23 cm³/mol. The van der Waals surface area contributed by atoms with E-state index in [1.807, 2.05) is 0 Å². The monoisotopic (exact) mass is 174 g/mol. The first-order chi connectivity index (χ1) is 2.00. The molecule has 0 heterocycles. The average Bonchev–Trinajstić information content (AvgIpc) is 0.722. The Balaban J connectivity index is 0. The zero-order valence-corrected chi connectivity index (χ0v) is 8.16. The number of halogens is 1. The topological polar surface area (TPSA) is 57.2 Å². The van der Waals surface area contributed by atoms with Gasteiger partial charge < -0.3 is 0 Å². The molecule has 0 rings (SSSR count). The first kappa shape index (κ1) is 10.9. The summed E-state index contributed by atoms with van der Waals surface area (Å²) in [7, 11) is 4.02. The molecule has 0 aromatic carbocycles. The van der Waals surface area contributed by atoms with E-state index in [1.54, 1.807) is 0 Å². The third-order valence-electron chi connectivity index (χ3n) is 0. The number of rotatable bonds is 0. The van der Waals surface area contributed by atoms with Crippen molar-refractivity contribution < 1.29 is 75.5 Å². The first-order valence-electron chi connectivity index (χ1n) is 0.654. The van der Waals surface area contributed by atoms with E-state index < -0.39 is 12.4 Å². The summed E-state index contributed by atoms with van der Waals surface area (Å²) >= 11 is -5.03. The second kappa shape index (κ2) is 3.95. The van der Waals surface area contributed by atoms with Crippen LogP contribution in [0.4, 0.5) is 0 Å². The van der Waals surface area contributed by atoms with Crippen LogP contribution >= 0.6 is 10.0 Å². The minimum atomic E-state index is -5.03. The third-order valence-corrected chi connectivity index (χ3v) is 0. The van der Waals surface area contributed by atoms with Crippen LogP contribution in [0.15, 0.2) is 0 Å². The summed E-state index contributed by atoms with van der Waals surface area (Å²) in [6.07, 6.45) is 0. The normalized spacial score (nSPS) is 9.67. The standard InChI is InChI=1S/ClH.Cr.K.3O/h1H;;;;;/q;2*+1;;;-1/p-1. The van der Waals surface area contributed by atoms with E-state index in [1.165, 1.54) is 0 Å². The van der Waals surface area contributed by atoms with E-state index in [9.17, 15) is 0 Å². The van der Waals surface area contributed by atoms with E-state index in [4.69, 9.17) is 11.8 Å². The fraction of sp³-hybridized carbons (Fsp3) is 0. The molecule has 0 aromatic heterocycles. The van der Waals surface area contributed by atoms with Crippen molar-refractivity contribution in [1.82, 2.24) is 0 Å². The van der Waals surface area contributed by atoms with Crippen LogP contribution in [0.5, 0.6) is 0 Å². The van der Waals surface area contributed by atoms with Crippen LogP contribution in [0.25, 0.3) is 0 Å².